The highest BCUT2D eigenvalue weighted by molar-refractivity contribution is 6.09. The summed E-state index contributed by atoms with van der Waals surface area (Å²) in [6.07, 6.45) is -6.73. The second-order valence-corrected chi connectivity index (χ2v) is 7.54. The number of nitrogens with zero attached hydrogens (tertiary/aromatic N) is 4. The predicted octanol–water partition coefficient (Wildman–Crippen LogP) is 3.58. The van der Waals surface area contributed by atoms with Crippen molar-refractivity contribution in [1.29, 1.82) is 5.26 Å². The largest absolute Gasteiger partial charge is 0.457 e. The van der Waals surface area contributed by atoms with Crippen molar-refractivity contribution in [2.45, 2.75) is 26.3 Å². The molecule has 37 heavy (non-hydrogen) atoms. The van der Waals surface area contributed by atoms with E-state index in [-0.39, 0.29) is 28.3 Å². The summed E-state index contributed by atoms with van der Waals surface area (Å²) < 4.78 is 62.6. The molecule has 0 saturated carbocycles. The lowest BCUT2D eigenvalue weighted by atomic mass is 10.0. The van der Waals surface area contributed by atoms with Gasteiger partial charge in [-0.05, 0) is 43.2 Å². The van der Waals surface area contributed by atoms with E-state index in [1.165, 1.54) is 25.4 Å². The van der Waals surface area contributed by atoms with E-state index >= 15 is 0 Å². The average molecular weight is 520 g/mol. The molecule has 10 nitrogen and oxygen atoms in total. The number of carbonyl (C=O) groups is 2. The van der Waals surface area contributed by atoms with Crippen molar-refractivity contribution in [3.8, 4) is 17.8 Å². The fourth-order valence-electron chi connectivity index (χ4n) is 3.28. The van der Waals surface area contributed by atoms with Gasteiger partial charge in [0, 0.05) is 19.3 Å². The van der Waals surface area contributed by atoms with Crippen LogP contribution < -0.4 is 15.4 Å². The number of nitrogens with one attached hydrogen (secondary N) is 2. The monoisotopic (exact) mass is 520 g/mol. The lowest BCUT2D eigenvalue weighted by molar-refractivity contribution is -0.299. The molecule has 0 fully saturated rings. The molecular formula is C23H20F4N6O4. The molecule has 0 spiro atoms. The molecule has 14 heteroatoms. The van der Waals surface area contributed by atoms with Gasteiger partial charge in [0.1, 0.15) is 5.69 Å². The number of anilines is 1. The third-order valence-electron chi connectivity index (χ3n) is 4.99. The lowest BCUT2D eigenvalue weighted by Crippen LogP contribution is -2.38. The van der Waals surface area contributed by atoms with Crippen molar-refractivity contribution in [1.82, 2.24) is 20.1 Å². The number of hydrogen-bond acceptors (Lipinski definition) is 7. The van der Waals surface area contributed by atoms with Crippen molar-refractivity contribution >= 4 is 17.5 Å². The van der Waals surface area contributed by atoms with Gasteiger partial charge in [0.05, 0.1) is 22.9 Å². The zero-order chi connectivity index (χ0) is 27.3. The maximum absolute atomic E-state index is 14.0. The highest BCUT2D eigenvalue weighted by atomic mass is 19.3. The second-order valence-electron chi connectivity index (χ2n) is 7.54. The van der Waals surface area contributed by atoms with E-state index in [2.05, 4.69) is 30.2 Å². The number of pyridine rings is 1. The van der Waals surface area contributed by atoms with E-state index in [4.69, 9.17) is 0 Å². The number of hydrogen-bond donors (Lipinski definition) is 2. The fourth-order valence-corrected chi connectivity index (χ4v) is 3.28. The van der Waals surface area contributed by atoms with Crippen LogP contribution in [0.15, 0.2) is 36.5 Å². The highest BCUT2D eigenvalue weighted by Gasteiger charge is 2.45. The maximum Gasteiger partial charge on any atom is 0.457 e. The van der Waals surface area contributed by atoms with Gasteiger partial charge in [0.25, 0.3) is 11.8 Å². The van der Waals surface area contributed by atoms with Crippen molar-refractivity contribution in [3.05, 3.63) is 64.5 Å². The molecule has 0 aliphatic carbocycles. The molecule has 1 unspecified atom stereocenters. The van der Waals surface area contributed by atoms with Crippen LogP contribution in [-0.4, -0.2) is 53.0 Å². The molecule has 3 rings (SSSR count). The van der Waals surface area contributed by atoms with E-state index in [9.17, 15) is 32.4 Å². The molecule has 2 N–H and O–H groups in total. The van der Waals surface area contributed by atoms with Gasteiger partial charge in [0.15, 0.2) is 12.7 Å². The van der Waals surface area contributed by atoms with Gasteiger partial charge in [-0.2, -0.15) is 14.0 Å². The van der Waals surface area contributed by atoms with Gasteiger partial charge in [-0.1, -0.05) is 6.07 Å². The average Bonchev–Trinajstić information content (AvgIpc) is 3.27. The normalized spacial score (nSPS) is 11.9. The van der Waals surface area contributed by atoms with Crippen LogP contribution in [0.25, 0.3) is 5.82 Å². The number of amides is 2. The van der Waals surface area contributed by atoms with Gasteiger partial charge in [-0.3, -0.25) is 9.59 Å². The molecule has 2 heterocycles. The second kappa shape index (κ2) is 11.0. The summed E-state index contributed by atoms with van der Waals surface area (Å²) in [5.41, 5.74) is 0.653. The van der Waals surface area contributed by atoms with E-state index in [0.717, 1.165) is 10.7 Å². The number of benzene rings is 1. The van der Waals surface area contributed by atoms with Gasteiger partial charge < -0.3 is 20.1 Å². The van der Waals surface area contributed by atoms with Crippen molar-refractivity contribution in [2.24, 2.45) is 0 Å². The summed E-state index contributed by atoms with van der Waals surface area (Å²) in [5, 5.41) is 18.0. The van der Waals surface area contributed by atoms with E-state index < -0.39 is 37.0 Å². The molecule has 194 valence electrons. The number of halogens is 4. The summed E-state index contributed by atoms with van der Waals surface area (Å²) in [4.78, 5) is 29.8. The van der Waals surface area contributed by atoms with Gasteiger partial charge >= 0.3 is 12.5 Å². The van der Waals surface area contributed by atoms with Crippen molar-refractivity contribution < 1.29 is 36.6 Å². The number of aryl methyl sites for hydroxylation is 2. The fraction of sp³-hybridized carbons (Fsp3) is 0.261. The first-order chi connectivity index (χ1) is 17.5. The van der Waals surface area contributed by atoms with E-state index in [0.29, 0.717) is 11.1 Å². The number of aromatic nitrogens is 3. The Morgan fingerprint density at radius 2 is 1.95 bits per heavy atom. The highest BCUT2D eigenvalue weighted by Crippen LogP contribution is 2.29. The van der Waals surface area contributed by atoms with Crippen LogP contribution in [-0.2, 0) is 4.74 Å². The Balaban J connectivity index is 2.08. The van der Waals surface area contributed by atoms with Crippen LogP contribution in [0.3, 0.4) is 0 Å². The van der Waals surface area contributed by atoms with Crippen LogP contribution >= 0.6 is 0 Å². The third kappa shape index (κ3) is 5.84. The van der Waals surface area contributed by atoms with Crippen molar-refractivity contribution in [3.63, 3.8) is 0 Å². The summed E-state index contributed by atoms with van der Waals surface area (Å²) >= 11 is 0. The topological polar surface area (TPSA) is 131 Å². The van der Waals surface area contributed by atoms with Gasteiger partial charge in [0.2, 0.25) is 5.88 Å². The number of rotatable bonds is 9. The summed E-state index contributed by atoms with van der Waals surface area (Å²) in [5.74, 6) is -2.36. The predicted molar refractivity (Wildman–Crippen MR) is 121 cm³/mol. The van der Waals surface area contributed by atoms with E-state index in [1.54, 1.807) is 26.0 Å². The Morgan fingerprint density at radius 3 is 2.57 bits per heavy atom. The molecule has 0 aliphatic heterocycles. The lowest BCUT2D eigenvalue weighted by Gasteiger charge is -2.18. The van der Waals surface area contributed by atoms with Crippen LogP contribution in [0, 0.1) is 25.2 Å². The number of ether oxygens (including phenoxy) is 2. The molecule has 2 amide bonds. The Hall–Kier alpha value is -4.51. The number of alkyl halides is 4. The standard InChI is InChI=1S/C23H20F4N6O4/c1-12-5-4-6-30-19(12)33-16(9-17(32-33)37-23(26,27)22(25)36-11-24)21(35)31-18-13(2)7-14(10-28)8-15(18)20(34)29-3/h4-9,22H,11H2,1-3H3,(H,29,34)(H,31,35). The van der Waals surface area contributed by atoms with Crippen molar-refractivity contribution in [2.75, 3.05) is 19.2 Å². The summed E-state index contributed by atoms with van der Waals surface area (Å²) in [6.45, 7) is 1.33. The molecule has 1 aromatic carbocycles. The Kier molecular flexibility index (Phi) is 8.08. The van der Waals surface area contributed by atoms with Crippen LogP contribution in [0.2, 0.25) is 0 Å². The smallest absolute Gasteiger partial charge is 0.409 e. The van der Waals surface area contributed by atoms with Gasteiger partial charge in [-0.15, -0.1) is 5.10 Å². The zero-order valence-electron chi connectivity index (χ0n) is 19.7. The van der Waals surface area contributed by atoms with Crippen LogP contribution in [0.1, 0.15) is 37.5 Å². The molecule has 0 aliphatic rings. The summed E-state index contributed by atoms with van der Waals surface area (Å²) in [7, 11) is 1.36. The molecular weight excluding hydrogens is 500 g/mol. The van der Waals surface area contributed by atoms with Crippen LogP contribution in [0.5, 0.6) is 5.88 Å². The molecule has 0 radical (unpaired) electrons. The molecule has 0 saturated heterocycles. The Bertz CT molecular complexity index is 1370. The summed E-state index contributed by atoms with van der Waals surface area (Å²) in [6, 6.07) is 8.60. The molecule has 0 bridgehead atoms. The minimum atomic E-state index is -4.64. The first-order valence-corrected chi connectivity index (χ1v) is 10.5. The van der Waals surface area contributed by atoms with E-state index in [1.807, 2.05) is 6.07 Å². The van der Waals surface area contributed by atoms with Crippen LogP contribution in [0.4, 0.5) is 23.2 Å². The third-order valence-corrected chi connectivity index (χ3v) is 4.99. The van der Waals surface area contributed by atoms with Gasteiger partial charge in [-0.25, -0.2) is 18.4 Å². The molecule has 3 aromatic rings. The Morgan fingerprint density at radius 1 is 1.22 bits per heavy atom. The molecule has 1 atom stereocenters. The quantitative estimate of drug-likeness (QED) is 0.413. The minimum absolute atomic E-state index is 0.0286. The maximum atomic E-state index is 14.0. The SMILES string of the molecule is CNC(=O)c1cc(C#N)cc(C)c1NC(=O)c1cc(OC(F)(F)C(F)OCF)nn1-c1ncccc1C. The Labute approximate surface area is 207 Å². The number of carbonyl (C=O) groups excluding carboxylic acids is 2. The first-order valence-electron chi connectivity index (χ1n) is 10.5. The zero-order valence-corrected chi connectivity index (χ0v) is 19.7. The molecule has 2 aromatic heterocycles. The first kappa shape index (κ1) is 27.1. The number of nitriles is 1. The minimum Gasteiger partial charge on any atom is -0.409 e.